The zero-order chi connectivity index (χ0) is 15.8. The van der Waals surface area contributed by atoms with Crippen LogP contribution >= 0.6 is 0 Å². The van der Waals surface area contributed by atoms with E-state index in [0.717, 1.165) is 25.9 Å². The predicted molar refractivity (Wildman–Crippen MR) is 82.4 cm³/mol. The Morgan fingerprint density at radius 2 is 1.86 bits per heavy atom. The van der Waals surface area contributed by atoms with Crippen LogP contribution in [-0.2, 0) is 14.8 Å². The molecular weight excluding hydrogens is 290 g/mol. The lowest BCUT2D eigenvalue weighted by Crippen LogP contribution is -2.46. The standard InChI is InChI=1S/C14H27N3O3S/c1-11-8-16(10-13(11)15(2)3)14(18)12-6-5-7-17(9-12)21(4,19)20/h11-13H,5-10H2,1-4H3/t11-,12-,13+/m1/s1. The van der Waals surface area contributed by atoms with Crippen LogP contribution in [0.4, 0.5) is 0 Å². The molecule has 0 aliphatic carbocycles. The number of rotatable bonds is 3. The van der Waals surface area contributed by atoms with Gasteiger partial charge in [0.05, 0.1) is 12.2 Å². The first-order chi connectivity index (χ1) is 9.70. The molecule has 6 nitrogen and oxygen atoms in total. The molecule has 0 radical (unpaired) electrons. The van der Waals surface area contributed by atoms with Gasteiger partial charge in [0.25, 0.3) is 0 Å². The number of nitrogens with zero attached hydrogens (tertiary/aromatic N) is 3. The average Bonchev–Trinajstić information content (AvgIpc) is 2.79. The molecule has 2 saturated heterocycles. The summed E-state index contributed by atoms with van der Waals surface area (Å²) in [5.41, 5.74) is 0. The van der Waals surface area contributed by atoms with Crippen molar-refractivity contribution in [2.45, 2.75) is 25.8 Å². The third-order valence-electron chi connectivity index (χ3n) is 4.75. The van der Waals surface area contributed by atoms with E-state index in [1.807, 2.05) is 19.0 Å². The van der Waals surface area contributed by atoms with Crippen molar-refractivity contribution in [1.82, 2.24) is 14.1 Å². The van der Waals surface area contributed by atoms with E-state index in [9.17, 15) is 13.2 Å². The maximum Gasteiger partial charge on any atom is 0.227 e. The first kappa shape index (κ1) is 16.7. The molecule has 2 fully saturated rings. The first-order valence-corrected chi connectivity index (χ1v) is 9.45. The van der Waals surface area contributed by atoms with Crippen LogP contribution in [-0.4, -0.2) is 81.0 Å². The van der Waals surface area contributed by atoms with Gasteiger partial charge in [0.1, 0.15) is 0 Å². The Kier molecular flexibility index (Phi) is 4.95. The Bertz CT molecular complexity index is 492. The van der Waals surface area contributed by atoms with Crippen molar-refractivity contribution in [2.75, 3.05) is 46.5 Å². The Morgan fingerprint density at radius 3 is 2.38 bits per heavy atom. The summed E-state index contributed by atoms with van der Waals surface area (Å²) in [7, 11) is 0.889. The zero-order valence-electron chi connectivity index (χ0n) is 13.4. The number of hydrogen-bond acceptors (Lipinski definition) is 4. The van der Waals surface area contributed by atoms with E-state index >= 15 is 0 Å². The molecule has 0 N–H and O–H groups in total. The van der Waals surface area contributed by atoms with Crippen molar-refractivity contribution in [2.24, 2.45) is 11.8 Å². The zero-order valence-corrected chi connectivity index (χ0v) is 14.3. The second kappa shape index (κ2) is 6.22. The molecule has 2 aliphatic heterocycles. The Hall–Kier alpha value is -0.660. The number of carbonyl (C=O) groups is 1. The molecule has 0 aromatic rings. The van der Waals surface area contributed by atoms with Crippen LogP contribution < -0.4 is 0 Å². The number of likely N-dealkylation sites (N-methyl/N-ethyl adjacent to an activating group) is 1. The monoisotopic (exact) mass is 317 g/mol. The summed E-state index contributed by atoms with van der Waals surface area (Å²) in [5, 5.41) is 0. The predicted octanol–water partition coefficient (Wildman–Crippen LogP) is 0.0665. The van der Waals surface area contributed by atoms with Crippen LogP contribution in [0.15, 0.2) is 0 Å². The van der Waals surface area contributed by atoms with E-state index in [0.29, 0.717) is 25.0 Å². The molecule has 7 heteroatoms. The molecule has 0 saturated carbocycles. The van der Waals surface area contributed by atoms with Gasteiger partial charge in [0.2, 0.25) is 15.9 Å². The molecule has 0 spiro atoms. The third kappa shape index (κ3) is 3.76. The third-order valence-corrected chi connectivity index (χ3v) is 6.02. The first-order valence-electron chi connectivity index (χ1n) is 7.60. The second-order valence-electron chi connectivity index (χ2n) is 6.71. The molecule has 2 aliphatic rings. The van der Waals surface area contributed by atoms with Crippen LogP contribution in [0.25, 0.3) is 0 Å². The van der Waals surface area contributed by atoms with Gasteiger partial charge in [-0.3, -0.25) is 4.79 Å². The quantitative estimate of drug-likeness (QED) is 0.739. The van der Waals surface area contributed by atoms with E-state index in [-0.39, 0.29) is 11.8 Å². The van der Waals surface area contributed by atoms with E-state index < -0.39 is 10.0 Å². The highest BCUT2D eigenvalue weighted by Gasteiger charge is 2.38. The fraction of sp³-hybridized carbons (Fsp3) is 0.929. The van der Waals surface area contributed by atoms with Gasteiger partial charge in [-0.1, -0.05) is 6.92 Å². The maximum absolute atomic E-state index is 12.7. The molecule has 0 bridgehead atoms. The minimum absolute atomic E-state index is 0.125. The molecule has 0 aromatic heterocycles. The summed E-state index contributed by atoms with van der Waals surface area (Å²) in [4.78, 5) is 16.8. The topological polar surface area (TPSA) is 60.9 Å². The molecular formula is C14H27N3O3S. The fourth-order valence-electron chi connectivity index (χ4n) is 3.51. The van der Waals surface area contributed by atoms with Crippen LogP contribution in [0.2, 0.25) is 0 Å². The van der Waals surface area contributed by atoms with E-state index in [2.05, 4.69) is 11.8 Å². The average molecular weight is 317 g/mol. The molecule has 122 valence electrons. The molecule has 2 rings (SSSR count). The highest BCUT2D eigenvalue weighted by atomic mass is 32.2. The normalized spacial score (nSPS) is 31.9. The summed E-state index contributed by atoms with van der Waals surface area (Å²) >= 11 is 0. The van der Waals surface area contributed by atoms with Gasteiger partial charge in [0, 0.05) is 32.2 Å². The maximum atomic E-state index is 12.7. The van der Waals surface area contributed by atoms with Crippen LogP contribution in [0.3, 0.4) is 0 Å². The van der Waals surface area contributed by atoms with Crippen molar-refractivity contribution in [1.29, 1.82) is 0 Å². The van der Waals surface area contributed by atoms with Gasteiger partial charge >= 0.3 is 0 Å². The summed E-state index contributed by atoms with van der Waals surface area (Å²) in [6.07, 6.45) is 2.78. The molecule has 1 amide bonds. The van der Waals surface area contributed by atoms with Gasteiger partial charge < -0.3 is 9.80 Å². The van der Waals surface area contributed by atoms with Gasteiger partial charge in [0.15, 0.2) is 0 Å². The molecule has 21 heavy (non-hydrogen) atoms. The largest absolute Gasteiger partial charge is 0.341 e. The van der Waals surface area contributed by atoms with E-state index in [1.165, 1.54) is 10.6 Å². The van der Waals surface area contributed by atoms with Crippen molar-refractivity contribution in [3.8, 4) is 0 Å². The van der Waals surface area contributed by atoms with Crippen molar-refractivity contribution >= 4 is 15.9 Å². The molecule has 2 heterocycles. The number of piperidine rings is 1. The van der Waals surface area contributed by atoms with Gasteiger partial charge in [-0.05, 0) is 32.9 Å². The summed E-state index contributed by atoms with van der Waals surface area (Å²) in [6.45, 7) is 4.58. The van der Waals surface area contributed by atoms with Crippen LogP contribution in [0.1, 0.15) is 19.8 Å². The number of sulfonamides is 1. The summed E-state index contributed by atoms with van der Waals surface area (Å²) in [6, 6.07) is 0.392. The lowest BCUT2D eigenvalue weighted by atomic mass is 9.98. The number of amides is 1. The van der Waals surface area contributed by atoms with Crippen molar-refractivity contribution in [3.63, 3.8) is 0 Å². The number of carbonyl (C=O) groups excluding carboxylic acids is 1. The SMILES string of the molecule is C[C@@H]1CN(C(=O)[C@@H]2CCCN(S(C)(=O)=O)C2)C[C@@H]1N(C)C. The molecule has 0 unspecified atom stereocenters. The minimum atomic E-state index is -3.20. The fourth-order valence-corrected chi connectivity index (χ4v) is 4.42. The van der Waals surface area contributed by atoms with Crippen molar-refractivity contribution in [3.05, 3.63) is 0 Å². The minimum Gasteiger partial charge on any atom is -0.341 e. The van der Waals surface area contributed by atoms with Crippen molar-refractivity contribution < 1.29 is 13.2 Å². The van der Waals surface area contributed by atoms with Gasteiger partial charge in [-0.2, -0.15) is 0 Å². The summed E-state index contributed by atoms with van der Waals surface area (Å²) in [5.74, 6) is 0.402. The van der Waals surface area contributed by atoms with E-state index in [1.54, 1.807) is 0 Å². The van der Waals surface area contributed by atoms with Crippen LogP contribution in [0, 0.1) is 11.8 Å². The highest BCUT2D eigenvalue weighted by Crippen LogP contribution is 2.26. The Labute approximate surface area is 128 Å². The summed E-state index contributed by atoms with van der Waals surface area (Å²) < 4.78 is 24.8. The van der Waals surface area contributed by atoms with Gasteiger partial charge in [-0.25, -0.2) is 12.7 Å². The van der Waals surface area contributed by atoms with E-state index in [4.69, 9.17) is 0 Å². The van der Waals surface area contributed by atoms with Crippen LogP contribution in [0.5, 0.6) is 0 Å². The smallest absolute Gasteiger partial charge is 0.227 e. The lowest BCUT2D eigenvalue weighted by molar-refractivity contribution is -0.135. The second-order valence-corrected chi connectivity index (χ2v) is 8.69. The lowest BCUT2D eigenvalue weighted by Gasteiger charge is -2.32. The number of hydrogen-bond donors (Lipinski definition) is 0. The molecule has 3 atom stereocenters. The number of likely N-dealkylation sites (tertiary alicyclic amines) is 1. The Morgan fingerprint density at radius 1 is 1.19 bits per heavy atom. The molecule has 0 aromatic carbocycles. The highest BCUT2D eigenvalue weighted by molar-refractivity contribution is 7.88. The Balaban J connectivity index is 2.01. The van der Waals surface area contributed by atoms with Gasteiger partial charge in [-0.15, -0.1) is 0 Å².